The van der Waals surface area contributed by atoms with Gasteiger partial charge in [-0.1, -0.05) is 12.1 Å². The monoisotopic (exact) mass is 309 g/mol. The summed E-state index contributed by atoms with van der Waals surface area (Å²) in [7, 11) is 3.02. The molecule has 0 amide bonds. The minimum absolute atomic E-state index is 0.0934. The first-order chi connectivity index (χ1) is 11.2. The average molecular weight is 309 g/mol. The van der Waals surface area contributed by atoms with Gasteiger partial charge < -0.3 is 14.5 Å². The van der Waals surface area contributed by atoms with Gasteiger partial charge in [-0.2, -0.15) is 0 Å². The van der Waals surface area contributed by atoms with Gasteiger partial charge in [0.15, 0.2) is 17.3 Å². The summed E-state index contributed by atoms with van der Waals surface area (Å²) in [6, 6.07) is 11.9. The Morgan fingerprint density at radius 2 is 1.74 bits per heavy atom. The van der Waals surface area contributed by atoms with Gasteiger partial charge in [0, 0.05) is 22.7 Å². The van der Waals surface area contributed by atoms with Crippen LogP contribution < -0.4 is 14.9 Å². The second-order valence-electron chi connectivity index (χ2n) is 4.98. The lowest BCUT2D eigenvalue weighted by atomic mass is 10.0. The minimum atomic E-state index is -0.363. The molecule has 5 nitrogen and oxygen atoms in total. The number of fused-ring (bicyclic) bond motifs is 1. The van der Waals surface area contributed by atoms with E-state index in [1.165, 1.54) is 20.4 Å². The van der Waals surface area contributed by atoms with Crippen LogP contribution in [0.5, 0.6) is 11.5 Å². The first-order valence-corrected chi connectivity index (χ1v) is 7.03. The van der Waals surface area contributed by atoms with Gasteiger partial charge in [0.1, 0.15) is 0 Å². The second-order valence-corrected chi connectivity index (χ2v) is 4.98. The Morgan fingerprint density at radius 3 is 2.48 bits per heavy atom. The lowest BCUT2D eigenvalue weighted by Crippen LogP contribution is -2.16. The molecule has 0 bridgehead atoms. The summed E-state index contributed by atoms with van der Waals surface area (Å²) in [4.78, 5) is 28.2. The fraction of sp³-hybridized carbons (Fsp3) is 0.111. The molecule has 3 aromatic rings. The molecule has 5 heteroatoms. The number of methoxy groups -OCH3 is 2. The van der Waals surface area contributed by atoms with E-state index in [2.05, 4.69) is 4.98 Å². The van der Waals surface area contributed by atoms with Gasteiger partial charge in [-0.25, -0.2) is 0 Å². The summed E-state index contributed by atoms with van der Waals surface area (Å²) in [6.45, 7) is 0. The highest BCUT2D eigenvalue weighted by Gasteiger charge is 2.17. The van der Waals surface area contributed by atoms with Crippen molar-refractivity contribution in [2.24, 2.45) is 0 Å². The summed E-state index contributed by atoms with van der Waals surface area (Å²) in [5, 5.41) is 0.485. The lowest BCUT2D eigenvalue weighted by Gasteiger charge is -2.09. The van der Waals surface area contributed by atoms with E-state index in [-0.39, 0.29) is 16.8 Å². The lowest BCUT2D eigenvalue weighted by molar-refractivity contribution is 0.103. The summed E-state index contributed by atoms with van der Waals surface area (Å²) in [6.07, 6.45) is 1.45. The third kappa shape index (κ3) is 2.57. The predicted octanol–water partition coefficient (Wildman–Crippen LogP) is 2.78. The van der Waals surface area contributed by atoms with E-state index in [0.717, 1.165) is 0 Å². The highest BCUT2D eigenvalue weighted by molar-refractivity contribution is 6.10. The number of nitrogens with one attached hydrogen (secondary N) is 1. The van der Waals surface area contributed by atoms with Crippen molar-refractivity contribution in [1.29, 1.82) is 0 Å². The Labute approximate surface area is 132 Å². The Kier molecular flexibility index (Phi) is 3.85. The number of aromatic amines is 1. The molecular formula is C18H15NO4. The SMILES string of the molecule is COc1ccc(C(=O)c2c[nH]c3ccccc3c2=O)cc1OC. The quantitative estimate of drug-likeness (QED) is 0.752. The molecule has 0 atom stereocenters. The van der Waals surface area contributed by atoms with Crippen molar-refractivity contribution < 1.29 is 14.3 Å². The normalized spacial score (nSPS) is 10.5. The first-order valence-electron chi connectivity index (χ1n) is 7.03. The maximum absolute atomic E-state index is 12.7. The zero-order valence-electron chi connectivity index (χ0n) is 12.8. The van der Waals surface area contributed by atoms with Crippen LogP contribution in [-0.2, 0) is 0 Å². The van der Waals surface area contributed by atoms with Crippen LogP contribution in [0, 0.1) is 0 Å². The summed E-state index contributed by atoms with van der Waals surface area (Å²) in [5.41, 5.74) is 0.861. The van der Waals surface area contributed by atoms with Gasteiger partial charge in [-0.15, -0.1) is 0 Å². The standard InChI is InChI=1S/C18H15NO4/c1-22-15-8-7-11(9-16(15)23-2)17(20)13-10-19-14-6-4-3-5-12(14)18(13)21/h3-10H,1-2H3,(H,19,21). The number of hydrogen-bond acceptors (Lipinski definition) is 4. The molecule has 0 spiro atoms. The molecule has 1 heterocycles. The van der Waals surface area contributed by atoms with Crippen LogP contribution in [0.2, 0.25) is 0 Å². The van der Waals surface area contributed by atoms with Crippen LogP contribution in [0.4, 0.5) is 0 Å². The fourth-order valence-corrected chi connectivity index (χ4v) is 2.47. The van der Waals surface area contributed by atoms with Crippen LogP contribution >= 0.6 is 0 Å². The van der Waals surface area contributed by atoms with E-state index < -0.39 is 0 Å². The Bertz CT molecular complexity index is 943. The van der Waals surface area contributed by atoms with E-state index in [1.807, 2.05) is 6.07 Å². The smallest absolute Gasteiger partial charge is 0.200 e. The molecule has 0 fully saturated rings. The fourth-order valence-electron chi connectivity index (χ4n) is 2.47. The molecule has 0 aliphatic rings. The van der Waals surface area contributed by atoms with Crippen molar-refractivity contribution in [3.05, 3.63) is 70.0 Å². The van der Waals surface area contributed by atoms with Crippen LogP contribution in [0.25, 0.3) is 10.9 Å². The van der Waals surface area contributed by atoms with Crippen LogP contribution in [-0.4, -0.2) is 25.0 Å². The molecule has 0 aliphatic heterocycles. The zero-order valence-corrected chi connectivity index (χ0v) is 12.8. The van der Waals surface area contributed by atoms with Gasteiger partial charge in [-0.05, 0) is 30.3 Å². The van der Waals surface area contributed by atoms with Crippen LogP contribution in [0.15, 0.2) is 53.5 Å². The van der Waals surface area contributed by atoms with Crippen molar-refractivity contribution in [1.82, 2.24) is 4.98 Å². The average Bonchev–Trinajstić information content (AvgIpc) is 2.61. The van der Waals surface area contributed by atoms with E-state index >= 15 is 0 Å². The molecule has 1 N–H and O–H groups in total. The number of pyridine rings is 1. The van der Waals surface area contributed by atoms with Gasteiger partial charge in [0.2, 0.25) is 5.43 Å². The first kappa shape index (κ1) is 14.8. The summed E-state index contributed by atoms with van der Waals surface area (Å²) in [5.74, 6) is 0.602. The molecule has 1 aromatic heterocycles. The Hall–Kier alpha value is -3.08. The van der Waals surface area contributed by atoms with Crippen molar-refractivity contribution in [2.75, 3.05) is 14.2 Å². The van der Waals surface area contributed by atoms with Crippen LogP contribution in [0.3, 0.4) is 0 Å². The maximum Gasteiger partial charge on any atom is 0.200 e. The number of H-pyrrole nitrogens is 1. The van der Waals surface area contributed by atoms with E-state index in [9.17, 15) is 9.59 Å². The number of para-hydroxylation sites is 1. The third-order valence-corrected chi connectivity index (χ3v) is 3.68. The Morgan fingerprint density at radius 1 is 1.00 bits per heavy atom. The zero-order chi connectivity index (χ0) is 16.4. The van der Waals surface area contributed by atoms with Gasteiger partial charge in [-0.3, -0.25) is 9.59 Å². The van der Waals surface area contributed by atoms with Crippen molar-refractivity contribution >= 4 is 16.7 Å². The number of ketones is 1. The van der Waals surface area contributed by atoms with Crippen molar-refractivity contribution in [3.8, 4) is 11.5 Å². The van der Waals surface area contributed by atoms with Crippen molar-refractivity contribution in [2.45, 2.75) is 0 Å². The largest absolute Gasteiger partial charge is 0.493 e. The molecule has 116 valence electrons. The summed E-state index contributed by atoms with van der Waals surface area (Å²) >= 11 is 0. The number of ether oxygens (including phenoxy) is 2. The molecule has 0 radical (unpaired) electrons. The molecule has 0 saturated carbocycles. The number of benzene rings is 2. The maximum atomic E-state index is 12.7. The van der Waals surface area contributed by atoms with Crippen molar-refractivity contribution in [3.63, 3.8) is 0 Å². The molecule has 2 aromatic carbocycles. The van der Waals surface area contributed by atoms with Gasteiger partial charge in [0.05, 0.1) is 19.8 Å². The summed E-state index contributed by atoms with van der Waals surface area (Å²) < 4.78 is 10.4. The molecule has 3 rings (SSSR count). The highest BCUT2D eigenvalue weighted by Crippen LogP contribution is 2.28. The highest BCUT2D eigenvalue weighted by atomic mass is 16.5. The molecule has 23 heavy (non-hydrogen) atoms. The van der Waals surface area contributed by atoms with E-state index in [4.69, 9.17) is 9.47 Å². The van der Waals surface area contributed by atoms with Gasteiger partial charge in [0.25, 0.3) is 0 Å². The number of hydrogen-bond donors (Lipinski definition) is 1. The number of carbonyl (C=O) groups is 1. The van der Waals surface area contributed by atoms with Gasteiger partial charge >= 0.3 is 0 Å². The Balaban J connectivity index is 2.11. The topological polar surface area (TPSA) is 68.4 Å². The minimum Gasteiger partial charge on any atom is -0.493 e. The molecule has 0 aliphatic carbocycles. The predicted molar refractivity (Wildman–Crippen MR) is 87.5 cm³/mol. The molecule has 0 saturated heterocycles. The number of aromatic nitrogens is 1. The number of carbonyl (C=O) groups excluding carboxylic acids is 1. The van der Waals surface area contributed by atoms with Crippen LogP contribution in [0.1, 0.15) is 15.9 Å². The molecule has 0 unspecified atom stereocenters. The third-order valence-electron chi connectivity index (χ3n) is 3.68. The second kappa shape index (κ2) is 5.96. The van der Waals surface area contributed by atoms with E-state index in [1.54, 1.807) is 36.4 Å². The number of rotatable bonds is 4. The van der Waals surface area contributed by atoms with E-state index in [0.29, 0.717) is 28.0 Å². The molecular weight excluding hydrogens is 294 g/mol.